The van der Waals surface area contributed by atoms with Crippen molar-refractivity contribution in [3.8, 4) is 11.1 Å². The smallest absolute Gasteiger partial charge is 0.255 e. The molecule has 1 fully saturated rings. The molecule has 0 spiro atoms. The number of hydrogen-bond acceptors (Lipinski definition) is 6. The molecule has 0 atom stereocenters. The van der Waals surface area contributed by atoms with Gasteiger partial charge in [0, 0.05) is 41.6 Å². The van der Waals surface area contributed by atoms with Crippen molar-refractivity contribution in [2.45, 2.75) is 57.7 Å². The van der Waals surface area contributed by atoms with Crippen LogP contribution in [0.2, 0.25) is 0 Å². The molecular formula is C24H29FN6O3. The molecule has 0 saturated heterocycles. The molecule has 2 amide bonds. The number of aromatic nitrogens is 3. The molecular weight excluding hydrogens is 439 g/mol. The summed E-state index contributed by atoms with van der Waals surface area (Å²) in [7, 11) is 0. The monoisotopic (exact) mass is 468 g/mol. The third-order valence-corrected chi connectivity index (χ3v) is 5.97. The van der Waals surface area contributed by atoms with Gasteiger partial charge < -0.3 is 21.1 Å². The Morgan fingerprint density at radius 1 is 1.18 bits per heavy atom. The molecule has 10 heteroatoms. The zero-order valence-electron chi connectivity index (χ0n) is 19.2. The van der Waals surface area contributed by atoms with Crippen molar-refractivity contribution < 1.29 is 19.1 Å². The molecule has 3 aromatic rings. The highest BCUT2D eigenvalue weighted by Gasteiger charge is 2.25. The number of pyridine rings is 1. The van der Waals surface area contributed by atoms with Crippen molar-refractivity contribution in [2.24, 2.45) is 0 Å². The molecule has 0 unspecified atom stereocenters. The van der Waals surface area contributed by atoms with Gasteiger partial charge in [-0.05, 0) is 51.7 Å². The maximum atomic E-state index is 14.3. The molecule has 4 rings (SSSR count). The van der Waals surface area contributed by atoms with Crippen LogP contribution in [0.1, 0.15) is 49.9 Å². The standard InChI is InChI=1S/C24H29FN6O3/c1-14(2)28-23-19(24(34)30-17-5-3-16(4-6-17)29-22(33)13-32)10-27-31-12-15(9-21(23)31)18-7-8-26-11-20(18)25/h7-12,14,16-17,28,32H,3-6,13H2,1-2H3,(H,29,33)(H,30,34)/t16-,17-. The van der Waals surface area contributed by atoms with Crippen LogP contribution in [0.4, 0.5) is 10.1 Å². The van der Waals surface area contributed by atoms with E-state index in [0.29, 0.717) is 27.9 Å². The lowest BCUT2D eigenvalue weighted by Crippen LogP contribution is -2.44. The molecule has 1 saturated carbocycles. The SMILES string of the molecule is CC(C)Nc1c(C(=O)N[C@H]2CC[C@H](NC(=O)CO)CC2)cnn2cc(-c3ccncc3F)cc12. The van der Waals surface area contributed by atoms with Crippen molar-refractivity contribution in [3.63, 3.8) is 0 Å². The van der Waals surface area contributed by atoms with Crippen LogP contribution in [0.5, 0.6) is 0 Å². The zero-order chi connectivity index (χ0) is 24.2. The quantitative estimate of drug-likeness (QED) is 0.423. The van der Waals surface area contributed by atoms with Crippen LogP contribution >= 0.6 is 0 Å². The van der Waals surface area contributed by atoms with E-state index in [1.165, 1.54) is 18.6 Å². The maximum absolute atomic E-state index is 14.3. The lowest BCUT2D eigenvalue weighted by atomic mass is 9.91. The van der Waals surface area contributed by atoms with Gasteiger partial charge in [0.15, 0.2) is 0 Å². The number of carbonyl (C=O) groups excluding carboxylic acids is 2. The molecule has 0 bridgehead atoms. The van der Waals surface area contributed by atoms with Gasteiger partial charge in [0.25, 0.3) is 5.91 Å². The molecule has 1 aliphatic carbocycles. The van der Waals surface area contributed by atoms with E-state index in [4.69, 9.17) is 5.11 Å². The van der Waals surface area contributed by atoms with E-state index in [-0.39, 0.29) is 29.9 Å². The number of nitrogens with zero attached hydrogens (tertiary/aromatic N) is 3. The van der Waals surface area contributed by atoms with Crippen LogP contribution in [0.3, 0.4) is 0 Å². The first-order chi connectivity index (χ1) is 16.4. The number of carbonyl (C=O) groups is 2. The van der Waals surface area contributed by atoms with E-state index in [9.17, 15) is 14.0 Å². The first-order valence-electron chi connectivity index (χ1n) is 11.4. The van der Waals surface area contributed by atoms with Gasteiger partial charge >= 0.3 is 0 Å². The predicted octanol–water partition coefficient (Wildman–Crippen LogP) is 2.51. The van der Waals surface area contributed by atoms with Crippen molar-refractivity contribution in [1.82, 2.24) is 25.2 Å². The van der Waals surface area contributed by atoms with Gasteiger partial charge in [-0.2, -0.15) is 5.10 Å². The lowest BCUT2D eigenvalue weighted by Gasteiger charge is -2.29. The number of fused-ring (bicyclic) bond motifs is 1. The molecule has 180 valence electrons. The van der Waals surface area contributed by atoms with Crippen LogP contribution < -0.4 is 16.0 Å². The van der Waals surface area contributed by atoms with Gasteiger partial charge in [0.2, 0.25) is 5.91 Å². The van der Waals surface area contributed by atoms with Crippen LogP contribution in [0.15, 0.2) is 36.9 Å². The second-order valence-corrected chi connectivity index (χ2v) is 8.89. The second-order valence-electron chi connectivity index (χ2n) is 8.89. The molecule has 3 heterocycles. The Bertz CT molecular complexity index is 1190. The number of aliphatic hydroxyl groups excluding tert-OH is 1. The fourth-order valence-corrected chi connectivity index (χ4v) is 4.34. The normalized spacial score (nSPS) is 18.1. The Hall–Kier alpha value is -3.53. The number of nitrogens with one attached hydrogen (secondary N) is 3. The van der Waals surface area contributed by atoms with Crippen LogP contribution in [-0.2, 0) is 4.79 Å². The molecule has 34 heavy (non-hydrogen) atoms. The Morgan fingerprint density at radius 3 is 2.53 bits per heavy atom. The van der Waals surface area contributed by atoms with Gasteiger partial charge in [-0.3, -0.25) is 14.6 Å². The van der Waals surface area contributed by atoms with Crippen molar-refractivity contribution in [2.75, 3.05) is 11.9 Å². The molecule has 1 aliphatic rings. The summed E-state index contributed by atoms with van der Waals surface area (Å²) in [6.45, 7) is 3.44. The Labute approximate surface area is 196 Å². The number of aliphatic hydroxyl groups is 1. The number of halogens is 1. The number of hydrogen-bond donors (Lipinski definition) is 4. The average molecular weight is 469 g/mol. The van der Waals surface area contributed by atoms with Crippen molar-refractivity contribution in [1.29, 1.82) is 0 Å². The van der Waals surface area contributed by atoms with Crippen molar-refractivity contribution in [3.05, 3.63) is 48.3 Å². The van der Waals surface area contributed by atoms with E-state index < -0.39 is 12.4 Å². The lowest BCUT2D eigenvalue weighted by molar-refractivity contribution is -0.124. The summed E-state index contributed by atoms with van der Waals surface area (Å²) in [4.78, 5) is 28.4. The second kappa shape index (κ2) is 10.2. The van der Waals surface area contributed by atoms with Crippen LogP contribution in [0, 0.1) is 5.82 Å². The Balaban J connectivity index is 1.56. The number of anilines is 1. The Kier molecular flexibility index (Phi) is 7.06. The summed E-state index contributed by atoms with van der Waals surface area (Å²) in [6.07, 6.45) is 8.85. The first kappa shape index (κ1) is 23.6. The maximum Gasteiger partial charge on any atom is 0.255 e. The Morgan fingerprint density at radius 2 is 1.88 bits per heavy atom. The van der Waals surface area contributed by atoms with E-state index in [0.717, 1.165) is 25.7 Å². The van der Waals surface area contributed by atoms with Crippen molar-refractivity contribution >= 4 is 23.0 Å². The molecule has 0 aromatic carbocycles. The summed E-state index contributed by atoms with van der Waals surface area (Å²) < 4.78 is 15.9. The van der Waals surface area contributed by atoms with Crippen LogP contribution in [-0.4, -0.2) is 56.3 Å². The van der Waals surface area contributed by atoms with Gasteiger partial charge in [0.1, 0.15) is 12.4 Å². The molecule has 0 radical (unpaired) electrons. The largest absolute Gasteiger partial charge is 0.387 e. The molecule has 4 N–H and O–H groups in total. The third kappa shape index (κ3) is 5.17. The van der Waals surface area contributed by atoms with Gasteiger partial charge in [0.05, 0.1) is 29.2 Å². The first-order valence-corrected chi connectivity index (χ1v) is 11.4. The zero-order valence-corrected chi connectivity index (χ0v) is 19.2. The predicted molar refractivity (Wildman–Crippen MR) is 126 cm³/mol. The molecule has 9 nitrogen and oxygen atoms in total. The highest BCUT2D eigenvalue weighted by molar-refractivity contribution is 6.03. The van der Waals surface area contributed by atoms with Crippen LogP contribution in [0.25, 0.3) is 16.6 Å². The summed E-state index contributed by atoms with van der Waals surface area (Å²) >= 11 is 0. The number of amides is 2. The topological polar surface area (TPSA) is 121 Å². The fraction of sp³-hybridized carbons (Fsp3) is 0.417. The van der Waals surface area contributed by atoms with E-state index in [1.54, 1.807) is 16.8 Å². The average Bonchev–Trinajstić information content (AvgIpc) is 3.25. The number of rotatable bonds is 7. The van der Waals surface area contributed by atoms with E-state index >= 15 is 0 Å². The fourth-order valence-electron chi connectivity index (χ4n) is 4.34. The van der Waals surface area contributed by atoms with Gasteiger partial charge in [-0.25, -0.2) is 8.91 Å². The minimum Gasteiger partial charge on any atom is -0.387 e. The van der Waals surface area contributed by atoms with Gasteiger partial charge in [-0.1, -0.05) is 0 Å². The molecule has 0 aliphatic heterocycles. The summed E-state index contributed by atoms with van der Waals surface area (Å²) in [5.41, 5.74) is 2.76. The summed E-state index contributed by atoms with van der Waals surface area (Å²) in [5.74, 6) is -1.05. The van der Waals surface area contributed by atoms with E-state index in [2.05, 4.69) is 26.0 Å². The highest BCUT2D eigenvalue weighted by Crippen LogP contribution is 2.30. The molecule has 3 aromatic heterocycles. The highest BCUT2D eigenvalue weighted by atomic mass is 19.1. The third-order valence-electron chi connectivity index (χ3n) is 5.97. The van der Waals surface area contributed by atoms with E-state index in [1.807, 2.05) is 19.9 Å². The summed E-state index contributed by atoms with van der Waals surface area (Å²) in [5, 5.41) is 22.5. The minimum absolute atomic E-state index is 0.0108. The van der Waals surface area contributed by atoms with Gasteiger partial charge in [-0.15, -0.1) is 0 Å². The summed E-state index contributed by atoms with van der Waals surface area (Å²) in [6, 6.07) is 3.45. The minimum atomic E-state index is -0.521.